The second kappa shape index (κ2) is 6.39. The molecule has 0 aliphatic heterocycles. The highest BCUT2D eigenvalue weighted by Crippen LogP contribution is 2.23. The Labute approximate surface area is 119 Å². The Morgan fingerprint density at radius 3 is 2.50 bits per heavy atom. The molecular formula is C16H20N2O2. The Hall–Kier alpha value is -2.07. The molecule has 0 aliphatic carbocycles. The van der Waals surface area contributed by atoms with Gasteiger partial charge in [0.2, 0.25) is 0 Å². The van der Waals surface area contributed by atoms with Gasteiger partial charge in [0.15, 0.2) is 0 Å². The third-order valence-electron chi connectivity index (χ3n) is 2.98. The number of hydrogen-bond acceptors (Lipinski definition) is 4. The number of aliphatic hydroxyl groups is 1. The standard InChI is InChI=1S/C16H20N2O2/c1-11(2)20-14-7-5-12(6-8-14)15(19)10-13-4-3-9-18-16(13)17/h3-9,11,15,19H,10H2,1-2H3,(H2,17,18). The van der Waals surface area contributed by atoms with Gasteiger partial charge in [0.05, 0.1) is 12.2 Å². The van der Waals surface area contributed by atoms with Crippen LogP contribution in [0.5, 0.6) is 5.75 Å². The predicted octanol–water partition coefficient (Wildman–Crippen LogP) is 2.73. The molecule has 0 fully saturated rings. The molecule has 1 aromatic heterocycles. The van der Waals surface area contributed by atoms with Gasteiger partial charge >= 0.3 is 0 Å². The molecule has 2 rings (SSSR count). The summed E-state index contributed by atoms with van der Waals surface area (Å²) in [7, 11) is 0. The van der Waals surface area contributed by atoms with Crippen molar-refractivity contribution in [1.82, 2.24) is 4.98 Å². The number of aromatic nitrogens is 1. The molecule has 0 saturated heterocycles. The fraction of sp³-hybridized carbons (Fsp3) is 0.312. The molecule has 2 aromatic rings. The van der Waals surface area contributed by atoms with E-state index in [0.717, 1.165) is 16.9 Å². The summed E-state index contributed by atoms with van der Waals surface area (Å²) in [5.41, 5.74) is 7.47. The lowest BCUT2D eigenvalue weighted by molar-refractivity contribution is 0.178. The first kappa shape index (κ1) is 14.3. The fourth-order valence-electron chi connectivity index (χ4n) is 1.99. The normalized spacial score (nSPS) is 12.4. The van der Waals surface area contributed by atoms with Crippen LogP contribution in [0.1, 0.15) is 31.1 Å². The lowest BCUT2D eigenvalue weighted by Crippen LogP contribution is -2.07. The van der Waals surface area contributed by atoms with E-state index >= 15 is 0 Å². The Kier molecular flexibility index (Phi) is 4.58. The molecule has 1 atom stereocenters. The first-order chi connectivity index (χ1) is 9.56. The minimum Gasteiger partial charge on any atom is -0.491 e. The summed E-state index contributed by atoms with van der Waals surface area (Å²) in [6, 6.07) is 11.2. The van der Waals surface area contributed by atoms with Crippen molar-refractivity contribution in [2.24, 2.45) is 0 Å². The number of nitrogen functional groups attached to an aromatic ring is 1. The van der Waals surface area contributed by atoms with E-state index in [1.54, 1.807) is 6.20 Å². The highest BCUT2D eigenvalue weighted by molar-refractivity contribution is 5.40. The fourth-order valence-corrected chi connectivity index (χ4v) is 1.99. The summed E-state index contributed by atoms with van der Waals surface area (Å²) >= 11 is 0. The molecule has 4 nitrogen and oxygen atoms in total. The zero-order chi connectivity index (χ0) is 14.5. The van der Waals surface area contributed by atoms with Crippen molar-refractivity contribution in [3.05, 3.63) is 53.7 Å². The van der Waals surface area contributed by atoms with Crippen molar-refractivity contribution in [3.63, 3.8) is 0 Å². The summed E-state index contributed by atoms with van der Waals surface area (Å²) in [6.45, 7) is 3.96. The molecule has 0 saturated carbocycles. The molecule has 0 aliphatic rings. The molecule has 106 valence electrons. The molecule has 1 unspecified atom stereocenters. The molecule has 3 N–H and O–H groups in total. The van der Waals surface area contributed by atoms with Crippen molar-refractivity contribution in [1.29, 1.82) is 0 Å². The van der Waals surface area contributed by atoms with Gasteiger partial charge in [-0.25, -0.2) is 4.98 Å². The van der Waals surface area contributed by atoms with Crippen LogP contribution < -0.4 is 10.5 Å². The Morgan fingerprint density at radius 2 is 1.90 bits per heavy atom. The zero-order valence-electron chi connectivity index (χ0n) is 11.8. The van der Waals surface area contributed by atoms with E-state index in [1.165, 1.54) is 0 Å². The van der Waals surface area contributed by atoms with E-state index in [0.29, 0.717) is 12.2 Å². The number of nitrogens with two attached hydrogens (primary N) is 1. The third-order valence-corrected chi connectivity index (χ3v) is 2.98. The van der Waals surface area contributed by atoms with E-state index in [-0.39, 0.29) is 6.10 Å². The number of aliphatic hydroxyl groups excluding tert-OH is 1. The van der Waals surface area contributed by atoms with Gasteiger partial charge in [-0.15, -0.1) is 0 Å². The van der Waals surface area contributed by atoms with E-state index in [2.05, 4.69) is 4.98 Å². The van der Waals surface area contributed by atoms with Crippen molar-refractivity contribution < 1.29 is 9.84 Å². The van der Waals surface area contributed by atoms with Crippen LogP contribution in [0.25, 0.3) is 0 Å². The summed E-state index contributed by atoms with van der Waals surface area (Å²) in [5.74, 6) is 1.27. The van der Waals surface area contributed by atoms with Crippen molar-refractivity contribution >= 4 is 5.82 Å². The average Bonchev–Trinajstić information content (AvgIpc) is 2.41. The molecular weight excluding hydrogens is 252 g/mol. The Bertz CT molecular complexity index is 553. The largest absolute Gasteiger partial charge is 0.491 e. The van der Waals surface area contributed by atoms with Gasteiger partial charge in [-0.05, 0) is 43.2 Å². The van der Waals surface area contributed by atoms with Gasteiger partial charge in [-0.3, -0.25) is 0 Å². The minimum atomic E-state index is -0.602. The molecule has 0 amide bonds. The van der Waals surface area contributed by atoms with Gasteiger partial charge in [0, 0.05) is 12.6 Å². The van der Waals surface area contributed by atoms with Crippen LogP contribution in [0.2, 0.25) is 0 Å². The number of nitrogens with zero attached hydrogens (tertiary/aromatic N) is 1. The lowest BCUT2D eigenvalue weighted by Gasteiger charge is -2.14. The van der Waals surface area contributed by atoms with Gasteiger partial charge in [0.1, 0.15) is 11.6 Å². The second-order valence-corrected chi connectivity index (χ2v) is 5.00. The van der Waals surface area contributed by atoms with Crippen LogP contribution in [-0.2, 0) is 6.42 Å². The molecule has 0 spiro atoms. The quantitative estimate of drug-likeness (QED) is 0.878. The first-order valence-corrected chi connectivity index (χ1v) is 6.70. The van der Waals surface area contributed by atoms with E-state index < -0.39 is 6.10 Å². The summed E-state index contributed by atoms with van der Waals surface area (Å²) < 4.78 is 5.57. The average molecular weight is 272 g/mol. The van der Waals surface area contributed by atoms with Crippen LogP contribution in [0.4, 0.5) is 5.82 Å². The SMILES string of the molecule is CC(C)Oc1ccc(C(O)Cc2cccnc2N)cc1. The number of anilines is 1. The molecule has 20 heavy (non-hydrogen) atoms. The highest BCUT2D eigenvalue weighted by atomic mass is 16.5. The molecule has 1 heterocycles. The van der Waals surface area contributed by atoms with Crippen LogP contribution in [0, 0.1) is 0 Å². The highest BCUT2D eigenvalue weighted by Gasteiger charge is 2.11. The lowest BCUT2D eigenvalue weighted by atomic mass is 10.0. The Balaban J connectivity index is 2.06. The summed E-state index contributed by atoms with van der Waals surface area (Å²) in [5, 5.41) is 10.2. The van der Waals surface area contributed by atoms with E-state index in [1.807, 2.05) is 50.2 Å². The number of rotatable bonds is 5. The van der Waals surface area contributed by atoms with Gasteiger partial charge in [0.25, 0.3) is 0 Å². The monoisotopic (exact) mass is 272 g/mol. The van der Waals surface area contributed by atoms with Crippen LogP contribution in [0.15, 0.2) is 42.6 Å². The van der Waals surface area contributed by atoms with Crippen LogP contribution >= 0.6 is 0 Å². The second-order valence-electron chi connectivity index (χ2n) is 5.00. The number of benzene rings is 1. The molecule has 0 radical (unpaired) electrons. The minimum absolute atomic E-state index is 0.140. The molecule has 0 bridgehead atoms. The number of pyridine rings is 1. The number of hydrogen-bond donors (Lipinski definition) is 2. The van der Waals surface area contributed by atoms with Crippen molar-refractivity contribution in [3.8, 4) is 5.75 Å². The third kappa shape index (κ3) is 3.71. The van der Waals surface area contributed by atoms with Crippen molar-refractivity contribution in [2.75, 3.05) is 5.73 Å². The van der Waals surface area contributed by atoms with Gasteiger partial charge in [-0.1, -0.05) is 18.2 Å². The maximum Gasteiger partial charge on any atom is 0.126 e. The maximum atomic E-state index is 10.2. The van der Waals surface area contributed by atoms with E-state index in [9.17, 15) is 5.11 Å². The summed E-state index contributed by atoms with van der Waals surface area (Å²) in [4.78, 5) is 4.02. The van der Waals surface area contributed by atoms with Gasteiger partial charge < -0.3 is 15.6 Å². The topological polar surface area (TPSA) is 68.4 Å². The Morgan fingerprint density at radius 1 is 1.20 bits per heavy atom. The first-order valence-electron chi connectivity index (χ1n) is 6.70. The maximum absolute atomic E-state index is 10.2. The smallest absolute Gasteiger partial charge is 0.126 e. The number of ether oxygens (including phenoxy) is 1. The zero-order valence-corrected chi connectivity index (χ0v) is 11.8. The predicted molar refractivity (Wildman–Crippen MR) is 79.5 cm³/mol. The van der Waals surface area contributed by atoms with Crippen LogP contribution in [0.3, 0.4) is 0 Å². The molecule has 1 aromatic carbocycles. The summed E-state index contributed by atoms with van der Waals surface area (Å²) in [6.07, 6.45) is 1.63. The van der Waals surface area contributed by atoms with Crippen molar-refractivity contribution in [2.45, 2.75) is 32.5 Å². The molecule has 4 heteroatoms. The van der Waals surface area contributed by atoms with Crippen LogP contribution in [-0.4, -0.2) is 16.2 Å². The van der Waals surface area contributed by atoms with E-state index in [4.69, 9.17) is 10.5 Å². The van der Waals surface area contributed by atoms with Gasteiger partial charge in [-0.2, -0.15) is 0 Å².